The average Bonchev–Trinajstić information content (AvgIpc) is 2.60. The molecule has 0 unspecified atom stereocenters. The number of hydrogen-bond acceptors (Lipinski definition) is 1. The van der Waals surface area contributed by atoms with E-state index in [2.05, 4.69) is 46.0 Å². The fraction of sp³-hybridized carbons (Fsp3) is 0.733. The van der Waals surface area contributed by atoms with Crippen LogP contribution in [0.1, 0.15) is 46.5 Å². The molecule has 0 amide bonds. The van der Waals surface area contributed by atoms with Gasteiger partial charge in [0.1, 0.15) is 0 Å². The van der Waals surface area contributed by atoms with E-state index in [9.17, 15) is 0 Å². The molecule has 0 spiro atoms. The molecule has 96 valence electrons. The van der Waals surface area contributed by atoms with E-state index in [1.807, 2.05) is 0 Å². The fourth-order valence-electron chi connectivity index (χ4n) is 2.39. The van der Waals surface area contributed by atoms with Crippen LogP contribution in [0.15, 0.2) is 23.3 Å². The fourth-order valence-corrected chi connectivity index (χ4v) is 3.60. The molecule has 0 aromatic carbocycles. The molecule has 0 aliphatic heterocycles. The third kappa shape index (κ3) is 2.58. The van der Waals surface area contributed by atoms with Crippen LogP contribution in [0.25, 0.3) is 0 Å². The first kappa shape index (κ1) is 13.1. The minimum Gasteiger partial charge on any atom is -0.407 e. The Morgan fingerprint density at radius 2 is 1.82 bits per heavy atom. The van der Waals surface area contributed by atoms with Gasteiger partial charge in [0.05, 0.1) is 6.10 Å². The van der Waals surface area contributed by atoms with Gasteiger partial charge in [-0.25, -0.2) is 0 Å². The van der Waals surface area contributed by atoms with Gasteiger partial charge in [0.15, 0.2) is 8.32 Å². The largest absolute Gasteiger partial charge is 0.407 e. The zero-order valence-corrected chi connectivity index (χ0v) is 13.0. The Morgan fingerprint density at radius 1 is 1.18 bits per heavy atom. The minimum atomic E-state index is -1.63. The summed E-state index contributed by atoms with van der Waals surface area (Å²) in [5.41, 5.74) is 3.15. The van der Waals surface area contributed by atoms with Gasteiger partial charge in [0.2, 0.25) is 0 Å². The molecule has 0 heterocycles. The van der Waals surface area contributed by atoms with Gasteiger partial charge in [0.25, 0.3) is 0 Å². The van der Waals surface area contributed by atoms with Crippen LogP contribution in [0.3, 0.4) is 0 Å². The third-order valence-electron chi connectivity index (χ3n) is 4.60. The summed E-state index contributed by atoms with van der Waals surface area (Å²) < 4.78 is 6.53. The molecule has 0 aromatic heterocycles. The summed E-state index contributed by atoms with van der Waals surface area (Å²) in [5, 5.41) is 0.304. The van der Waals surface area contributed by atoms with E-state index in [0.717, 1.165) is 0 Å². The van der Waals surface area contributed by atoms with Gasteiger partial charge in [-0.1, -0.05) is 32.9 Å². The van der Waals surface area contributed by atoms with Gasteiger partial charge in [0, 0.05) is 0 Å². The van der Waals surface area contributed by atoms with Crippen molar-refractivity contribution in [1.82, 2.24) is 0 Å². The molecule has 0 saturated heterocycles. The molecule has 2 aliphatic carbocycles. The Morgan fingerprint density at radius 3 is 2.47 bits per heavy atom. The summed E-state index contributed by atoms with van der Waals surface area (Å²) in [5.74, 6) is 0. The van der Waals surface area contributed by atoms with E-state index in [0.29, 0.717) is 11.1 Å². The summed E-state index contributed by atoms with van der Waals surface area (Å²) in [6.07, 6.45) is 10.1. The number of rotatable bonds is 2. The molecular weight excluding hydrogens is 224 g/mol. The molecular formula is C15H26OSi. The predicted octanol–water partition coefficient (Wildman–Crippen LogP) is 4.82. The maximum atomic E-state index is 6.53. The lowest BCUT2D eigenvalue weighted by Crippen LogP contribution is -2.43. The predicted molar refractivity (Wildman–Crippen MR) is 76.7 cm³/mol. The normalized spacial score (nSPS) is 25.4. The van der Waals surface area contributed by atoms with Gasteiger partial charge in [-0.15, -0.1) is 0 Å². The lowest BCUT2D eigenvalue weighted by molar-refractivity contribution is 0.252. The van der Waals surface area contributed by atoms with Crippen molar-refractivity contribution >= 4 is 8.32 Å². The summed E-state index contributed by atoms with van der Waals surface area (Å²) >= 11 is 0. The molecule has 1 nitrogen and oxygen atoms in total. The Kier molecular flexibility index (Phi) is 3.39. The second-order valence-corrected chi connectivity index (χ2v) is 11.7. The lowest BCUT2D eigenvalue weighted by Gasteiger charge is -2.39. The Balaban J connectivity index is 2.11. The third-order valence-corrected chi connectivity index (χ3v) is 9.05. The molecule has 2 rings (SSSR count). The first-order chi connectivity index (χ1) is 7.81. The molecule has 0 bridgehead atoms. The van der Waals surface area contributed by atoms with Crippen LogP contribution in [0, 0.1) is 0 Å². The molecule has 17 heavy (non-hydrogen) atoms. The van der Waals surface area contributed by atoms with Crippen LogP contribution in [-0.4, -0.2) is 14.4 Å². The van der Waals surface area contributed by atoms with Gasteiger partial charge in [-0.3, -0.25) is 0 Å². The maximum Gasteiger partial charge on any atom is 0.193 e. The zero-order chi connectivity index (χ0) is 12.7. The molecule has 0 saturated carbocycles. The maximum absolute atomic E-state index is 6.53. The summed E-state index contributed by atoms with van der Waals surface area (Å²) in [6.45, 7) is 11.6. The summed E-state index contributed by atoms with van der Waals surface area (Å²) in [6, 6.07) is 0. The molecule has 0 fully saturated rings. The van der Waals surface area contributed by atoms with Crippen LogP contribution in [0.4, 0.5) is 0 Å². The Labute approximate surface area is 107 Å². The molecule has 0 radical (unpaired) electrons. The van der Waals surface area contributed by atoms with Crippen LogP contribution in [-0.2, 0) is 4.43 Å². The molecule has 1 atom stereocenters. The second kappa shape index (κ2) is 4.40. The highest BCUT2D eigenvalue weighted by Crippen LogP contribution is 2.41. The summed E-state index contributed by atoms with van der Waals surface area (Å²) in [7, 11) is -1.63. The average molecular weight is 250 g/mol. The van der Waals surface area contributed by atoms with Gasteiger partial charge in [-0.2, -0.15) is 0 Å². The van der Waals surface area contributed by atoms with Crippen molar-refractivity contribution < 1.29 is 4.43 Å². The van der Waals surface area contributed by atoms with E-state index >= 15 is 0 Å². The minimum absolute atomic E-state index is 0.297. The van der Waals surface area contributed by atoms with E-state index in [-0.39, 0.29) is 0 Å². The molecule has 0 aromatic rings. The standard InChI is InChI=1S/C15H26OSi/c1-15(2,3)17(4,5)16-14-11-10-12-8-6-7-9-13(12)14/h10-11,14H,6-9H2,1-5H3/t14-/m0/s1. The first-order valence-electron chi connectivity index (χ1n) is 6.89. The van der Waals surface area contributed by atoms with Gasteiger partial charge < -0.3 is 4.43 Å². The van der Waals surface area contributed by atoms with Crippen LogP contribution in [0.5, 0.6) is 0 Å². The molecule has 2 aliphatic rings. The van der Waals surface area contributed by atoms with E-state index in [1.54, 1.807) is 11.1 Å². The van der Waals surface area contributed by atoms with Crippen molar-refractivity contribution in [2.45, 2.75) is 70.7 Å². The topological polar surface area (TPSA) is 9.23 Å². The van der Waals surface area contributed by atoms with Crippen LogP contribution < -0.4 is 0 Å². The second-order valence-electron chi connectivity index (χ2n) is 6.92. The lowest BCUT2D eigenvalue weighted by atomic mass is 9.93. The van der Waals surface area contributed by atoms with Crippen molar-refractivity contribution in [1.29, 1.82) is 0 Å². The zero-order valence-electron chi connectivity index (χ0n) is 12.0. The molecule has 2 heteroatoms. The van der Waals surface area contributed by atoms with Crippen molar-refractivity contribution in [3.8, 4) is 0 Å². The van der Waals surface area contributed by atoms with Crippen LogP contribution in [0.2, 0.25) is 18.1 Å². The first-order valence-corrected chi connectivity index (χ1v) is 9.80. The van der Waals surface area contributed by atoms with Gasteiger partial charge in [-0.05, 0) is 55.0 Å². The highest BCUT2D eigenvalue weighted by Gasteiger charge is 2.40. The monoisotopic (exact) mass is 250 g/mol. The number of hydrogen-bond donors (Lipinski definition) is 0. The number of allylic oxidation sites excluding steroid dienone is 2. The van der Waals surface area contributed by atoms with Crippen molar-refractivity contribution in [2.75, 3.05) is 0 Å². The Hall–Kier alpha value is -0.343. The van der Waals surface area contributed by atoms with E-state index in [1.165, 1.54) is 25.7 Å². The highest BCUT2D eigenvalue weighted by atomic mass is 28.4. The van der Waals surface area contributed by atoms with Crippen molar-refractivity contribution in [3.05, 3.63) is 23.3 Å². The van der Waals surface area contributed by atoms with E-state index in [4.69, 9.17) is 4.43 Å². The smallest absolute Gasteiger partial charge is 0.193 e. The van der Waals surface area contributed by atoms with E-state index < -0.39 is 8.32 Å². The summed E-state index contributed by atoms with van der Waals surface area (Å²) in [4.78, 5) is 0. The van der Waals surface area contributed by atoms with Crippen molar-refractivity contribution in [3.63, 3.8) is 0 Å². The van der Waals surface area contributed by atoms with Gasteiger partial charge >= 0.3 is 0 Å². The van der Waals surface area contributed by atoms with Crippen molar-refractivity contribution in [2.24, 2.45) is 0 Å². The molecule has 0 N–H and O–H groups in total. The SMILES string of the molecule is CC(C)(C)[Si](C)(C)O[C@H]1C=CC2=C1CCCC2. The quantitative estimate of drug-likeness (QED) is 0.639. The highest BCUT2D eigenvalue weighted by molar-refractivity contribution is 6.74. The Bertz CT molecular complexity index is 358. The van der Waals surface area contributed by atoms with Crippen LogP contribution >= 0.6 is 0 Å².